The smallest absolute Gasteiger partial charge is 0.225 e. The predicted octanol–water partition coefficient (Wildman–Crippen LogP) is 4.66. The van der Waals surface area contributed by atoms with E-state index in [2.05, 4.69) is 17.2 Å². The number of hydrogen-bond acceptors (Lipinski definition) is 4. The summed E-state index contributed by atoms with van der Waals surface area (Å²) in [6, 6.07) is 9.99. The van der Waals surface area contributed by atoms with Gasteiger partial charge in [0.15, 0.2) is 4.34 Å². The van der Waals surface area contributed by atoms with Crippen LogP contribution >= 0.6 is 23.1 Å². The van der Waals surface area contributed by atoms with E-state index < -0.39 is 0 Å². The molecule has 0 saturated heterocycles. The Hall–Kier alpha value is -1.33. The number of carbonyl (C=O) groups excluding carboxylic acids is 1. The summed E-state index contributed by atoms with van der Waals surface area (Å²) in [6.07, 6.45) is 1.39. The van der Waals surface area contributed by atoms with Crippen LogP contribution in [0.4, 0.5) is 5.00 Å². The molecule has 1 aromatic heterocycles. The molecule has 1 N–H and O–H groups in total. The summed E-state index contributed by atoms with van der Waals surface area (Å²) in [6.45, 7) is 4.10. The topological polar surface area (TPSA) is 42.0 Å². The second-order valence-electron chi connectivity index (χ2n) is 4.25. The molecular weight excluding hydrogens is 288 g/mol. The summed E-state index contributed by atoms with van der Waals surface area (Å²) < 4.78 is 0.998. The van der Waals surface area contributed by atoms with Gasteiger partial charge in [0.25, 0.3) is 0 Å². The lowest BCUT2D eigenvalue weighted by Gasteiger charge is -2.04. The molecule has 0 unspecified atom stereocenters. The number of amides is 1. The Labute approximate surface area is 127 Å². The van der Waals surface area contributed by atoms with Gasteiger partial charge < -0.3 is 5.32 Å². The zero-order valence-corrected chi connectivity index (χ0v) is 13.3. The molecule has 5 heteroatoms. The van der Waals surface area contributed by atoms with Gasteiger partial charge in [-0.25, -0.2) is 4.98 Å². The second-order valence-corrected chi connectivity index (χ2v) is 6.76. The van der Waals surface area contributed by atoms with Crippen molar-refractivity contribution in [2.45, 2.75) is 31.0 Å². The second kappa shape index (κ2) is 7.45. The van der Waals surface area contributed by atoms with Crippen LogP contribution < -0.4 is 5.32 Å². The maximum Gasteiger partial charge on any atom is 0.225 e. The molecule has 0 atom stereocenters. The van der Waals surface area contributed by atoms with Gasteiger partial charge in [-0.2, -0.15) is 0 Å². The van der Waals surface area contributed by atoms with Crippen molar-refractivity contribution in [1.82, 2.24) is 4.98 Å². The molecule has 0 bridgehead atoms. The average Bonchev–Trinajstić information content (AvgIpc) is 2.83. The number of thiazole rings is 1. The van der Waals surface area contributed by atoms with Gasteiger partial charge in [0.2, 0.25) is 5.91 Å². The van der Waals surface area contributed by atoms with Gasteiger partial charge in [-0.15, -0.1) is 0 Å². The standard InChI is InChI=1S/C15H18N2OS2/c1-3-8-12(18)16-14-13(11-9-6-5-7-10-11)17-15(20-14)19-4-2/h5-7,9-10H,3-4,8H2,1-2H3,(H,16,18). The Morgan fingerprint density at radius 3 is 2.70 bits per heavy atom. The molecule has 0 fully saturated rings. The molecule has 1 amide bonds. The maximum atomic E-state index is 11.8. The minimum Gasteiger partial charge on any atom is -0.316 e. The van der Waals surface area contributed by atoms with Gasteiger partial charge in [0, 0.05) is 12.0 Å². The molecule has 0 saturated carbocycles. The van der Waals surface area contributed by atoms with Crippen LogP contribution in [0.3, 0.4) is 0 Å². The lowest BCUT2D eigenvalue weighted by atomic mass is 10.2. The number of nitrogens with zero attached hydrogens (tertiary/aromatic N) is 1. The lowest BCUT2D eigenvalue weighted by Crippen LogP contribution is -2.10. The van der Waals surface area contributed by atoms with Crippen molar-refractivity contribution in [2.24, 2.45) is 0 Å². The van der Waals surface area contributed by atoms with E-state index in [9.17, 15) is 4.79 Å². The Morgan fingerprint density at radius 1 is 1.30 bits per heavy atom. The molecule has 0 radical (unpaired) electrons. The van der Waals surface area contributed by atoms with Crippen molar-refractivity contribution in [3.63, 3.8) is 0 Å². The van der Waals surface area contributed by atoms with Gasteiger partial charge >= 0.3 is 0 Å². The van der Waals surface area contributed by atoms with E-state index in [-0.39, 0.29) is 5.91 Å². The first-order chi connectivity index (χ1) is 9.74. The van der Waals surface area contributed by atoms with Crippen LogP contribution in [0.5, 0.6) is 0 Å². The zero-order valence-electron chi connectivity index (χ0n) is 11.7. The van der Waals surface area contributed by atoms with Gasteiger partial charge in [-0.1, -0.05) is 67.3 Å². The van der Waals surface area contributed by atoms with Crippen molar-refractivity contribution >= 4 is 34.0 Å². The van der Waals surface area contributed by atoms with Crippen LogP contribution in [-0.2, 0) is 4.79 Å². The van der Waals surface area contributed by atoms with Crippen molar-refractivity contribution in [3.8, 4) is 11.3 Å². The highest BCUT2D eigenvalue weighted by atomic mass is 32.2. The minimum absolute atomic E-state index is 0.0568. The number of carbonyl (C=O) groups is 1. The molecule has 0 aliphatic carbocycles. The molecule has 0 spiro atoms. The molecule has 3 nitrogen and oxygen atoms in total. The maximum absolute atomic E-state index is 11.8. The first kappa shape index (κ1) is 15.1. The number of benzene rings is 1. The van der Waals surface area contributed by atoms with E-state index in [0.717, 1.165) is 32.8 Å². The fourth-order valence-corrected chi connectivity index (χ4v) is 3.76. The van der Waals surface area contributed by atoms with Crippen LogP contribution in [0, 0.1) is 0 Å². The Morgan fingerprint density at radius 2 is 2.05 bits per heavy atom. The van der Waals surface area contributed by atoms with Gasteiger partial charge in [0.1, 0.15) is 10.7 Å². The number of anilines is 1. The van der Waals surface area contributed by atoms with E-state index >= 15 is 0 Å². The Kier molecular flexibility index (Phi) is 5.61. The van der Waals surface area contributed by atoms with Crippen molar-refractivity contribution in [1.29, 1.82) is 0 Å². The molecular formula is C15H18N2OS2. The molecule has 1 heterocycles. The van der Waals surface area contributed by atoms with E-state index in [1.54, 1.807) is 23.1 Å². The van der Waals surface area contributed by atoms with Crippen molar-refractivity contribution in [2.75, 3.05) is 11.1 Å². The average molecular weight is 306 g/mol. The number of hydrogen-bond donors (Lipinski definition) is 1. The molecule has 0 aliphatic heterocycles. The predicted molar refractivity (Wildman–Crippen MR) is 87.5 cm³/mol. The van der Waals surface area contributed by atoms with Crippen molar-refractivity contribution < 1.29 is 4.79 Å². The largest absolute Gasteiger partial charge is 0.316 e. The molecule has 0 aliphatic rings. The molecule has 1 aromatic carbocycles. The monoisotopic (exact) mass is 306 g/mol. The van der Waals surface area contributed by atoms with E-state index in [0.29, 0.717) is 6.42 Å². The third-order valence-electron chi connectivity index (χ3n) is 2.65. The highest BCUT2D eigenvalue weighted by Gasteiger charge is 2.15. The summed E-state index contributed by atoms with van der Waals surface area (Å²) in [5.41, 5.74) is 1.91. The molecule has 2 aromatic rings. The highest BCUT2D eigenvalue weighted by molar-refractivity contribution is 8.01. The van der Waals surface area contributed by atoms with Gasteiger partial charge in [-0.05, 0) is 12.2 Å². The third kappa shape index (κ3) is 3.84. The van der Waals surface area contributed by atoms with Crippen LogP contribution in [0.25, 0.3) is 11.3 Å². The summed E-state index contributed by atoms with van der Waals surface area (Å²) in [5, 5.41) is 3.84. The first-order valence-electron chi connectivity index (χ1n) is 6.73. The van der Waals surface area contributed by atoms with E-state index in [1.807, 2.05) is 37.3 Å². The van der Waals surface area contributed by atoms with Gasteiger partial charge in [-0.3, -0.25) is 4.79 Å². The molecule has 2 rings (SSSR count). The quantitative estimate of drug-likeness (QED) is 0.789. The number of rotatable bonds is 6. The summed E-state index contributed by atoms with van der Waals surface area (Å²) in [7, 11) is 0. The van der Waals surface area contributed by atoms with E-state index in [4.69, 9.17) is 0 Å². The summed E-state index contributed by atoms with van der Waals surface area (Å²) >= 11 is 3.25. The third-order valence-corrected chi connectivity index (χ3v) is 4.65. The molecule has 106 valence electrons. The van der Waals surface area contributed by atoms with E-state index in [1.165, 1.54) is 0 Å². The molecule has 20 heavy (non-hydrogen) atoms. The highest BCUT2D eigenvalue weighted by Crippen LogP contribution is 2.37. The van der Waals surface area contributed by atoms with Gasteiger partial charge in [0.05, 0.1) is 0 Å². The lowest BCUT2D eigenvalue weighted by molar-refractivity contribution is -0.116. The number of aromatic nitrogens is 1. The van der Waals surface area contributed by atoms with Crippen molar-refractivity contribution in [3.05, 3.63) is 30.3 Å². The Bertz CT molecular complexity index is 567. The first-order valence-corrected chi connectivity index (χ1v) is 8.53. The van der Waals surface area contributed by atoms with Crippen LogP contribution in [-0.4, -0.2) is 16.6 Å². The zero-order chi connectivity index (χ0) is 14.4. The normalized spacial score (nSPS) is 10.5. The van der Waals surface area contributed by atoms with Crippen LogP contribution in [0.2, 0.25) is 0 Å². The van der Waals surface area contributed by atoms with Crippen LogP contribution in [0.1, 0.15) is 26.7 Å². The number of thioether (sulfide) groups is 1. The minimum atomic E-state index is 0.0568. The summed E-state index contributed by atoms with van der Waals surface area (Å²) in [4.78, 5) is 16.5. The Balaban J connectivity index is 2.31. The van der Waals surface area contributed by atoms with Crippen LogP contribution in [0.15, 0.2) is 34.7 Å². The fraction of sp³-hybridized carbons (Fsp3) is 0.333. The fourth-order valence-electron chi connectivity index (χ4n) is 1.78. The number of nitrogens with one attached hydrogen (secondary N) is 1. The summed E-state index contributed by atoms with van der Waals surface area (Å²) in [5.74, 6) is 1.03. The SMILES string of the molecule is CCCC(=O)Nc1sc(SCC)nc1-c1ccccc1.